The van der Waals surface area contributed by atoms with E-state index < -0.39 is 0 Å². The number of rotatable bonds is 4. The molecule has 0 aromatic heterocycles. The van der Waals surface area contributed by atoms with Crippen molar-refractivity contribution in [1.82, 2.24) is 5.43 Å². The van der Waals surface area contributed by atoms with Gasteiger partial charge in [0.1, 0.15) is 5.75 Å². The van der Waals surface area contributed by atoms with Gasteiger partial charge in [-0.3, -0.25) is 11.3 Å². The molecule has 2 bridgehead atoms. The van der Waals surface area contributed by atoms with Gasteiger partial charge >= 0.3 is 0 Å². The van der Waals surface area contributed by atoms with Gasteiger partial charge in [0.05, 0.1) is 25.4 Å². The Balaban J connectivity index is 1.86. The molecule has 104 valence electrons. The molecule has 4 atom stereocenters. The molecule has 3 rings (SSSR count). The number of aryl methyl sites for hydroxylation is 1. The molecule has 1 aromatic rings. The Hall–Kier alpha value is -1.10. The van der Waals surface area contributed by atoms with E-state index >= 15 is 0 Å². The predicted octanol–water partition coefficient (Wildman–Crippen LogP) is 2.08. The lowest BCUT2D eigenvalue weighted by Crippen LogP contribution is -2.38. The summed E-state index contributed by atoms with van der Waals surface area (Å²) < 4.78 is 11.2. The number of nitrogens with two attached hydrogens (primary N) is 1. The van der Waals surface area contributed by atoms with Crippen molar-refractivity contribution in [3.63, 3.8) is 0 Å². The molecule has 0 amide bonds. The lowest BCUT2D eigenvalue weighted by molar-refractivity contribution is 0.0856. The molecule has 2 heterocycles. The average Bonchev–Trinajstić information content (AvgIpc) is 3.04. The SMILES string of the molecule is COc1ccc(C(NN)C2CC3CCC2O3)c(C)c1. The summed E-state index contributed by atoms with van der Waals surface area (Å²) in [4.78, 5) is 0. The average molecular weight is 262 g/mol. The Kier molecular flexibility index (Phi) is 3.48. The fourth-order valence-corrected chi connectivity index (χ4v) is 3.60. The molecule has 2 aliphatic heterocycles. The zero-order valence-corrected chi connectivity index (χ0v) is 11.6. The van der Waals surface area contributed by atoms with Crippen LogP contribution in [0.3, 0.4) is 0 Å². The smallest absolute Gasteiger partial charge is 0.119 e. The minimum Gasteiger partial charge on any atom is -0.497 e. The number of fused-ring (bicyclic) bond motifs is 2. The maximum atomic E-state index is 5.95. The van der Waals surface area contributed by atoms with E-state index in [0.717, 1.165) is 12.2 Å². The predicted molar refractivity (Wildman–Crippen MR) is 73.8 cm³/mol. The molecule has 4 unspecified atom stereocenters. The van der Waals surface area contributed by atoms with E-state index in [9.17, 15) is 0 Å². The minimum absolute atomic E-state index is 0.168. The van der Waals surface area contributed by atoms with E-state index in [1.807, 2.05) is 6.07 Å². The summed E-state index contributed by atoms with van der Waals surface area (Å²) in [7, 11) is 1.69. The van der Waals surface area contributed by atoms with Gasteiger partial charge in [-0.25, -0.2) is 0 Å². The van der Waals surface area contributed by atoms with Crippen molar-refractivity contribution in [3.8, 4) is 5.75 Å². The van der Waals surface area contributed by atoms with E-state index in [1.54, 1.807) is 7.11 Å². The van der Waals surface area contributed by atoms with Crippen molar-refractivity contribution in [2.75, 3.05) is 7.11 Å². The fourth-order valence-electron chi connectivity index (χ4n) is 3.60. The second-order valence-electron chi connectivity index (χ2n) is 5.64. The first-order valence-electron chi connectivity index (χ1n) is 6.99. The molecule has 4 heteroatoms. The lowest BCUT2D eigenvalue weighted by Gasteiger charge is -2.29. The van der Waals surface area contributed by atoms with Crippen LogP contribution in [0.1, 0.15) is 36.4 Å². The quantitative estimate of drug-likeness (QED) is 0.644. The molecule has 4 nitrogen and oxygen atoms in total. The van der Waals surface area contributed by atoms with Crippen molar-refractivity contribution in [2.24, 2.45) is 11.8 Å². The topological polar surface area (TPSA) is 56.5 Å². The lowest BCUT2D eigenvalue weighted by atomic mass is 9.80. The molecule has 3 N–H and O–H groups in total. The third-order valence-corrected chi connectivity index (χ3v) is 4.57. The number of hydrogen-bond acceptors (Lipinski definition) is 4. The molecule has 1 aromatic carbocycles. The summed E-state index contributed by atoms with van der Waals surface area (Å²) in [6.07, 6.45) is 4.31. The maximum Gasteiger partial charge on any atom is 0.119 e. The van der Waals surface area contributed by atoms with Gasteiger partial charge in [-0.15, -0.1) is 0 Å². The standard InChI is InChI=1S/C15H22N2O2/c1-9-7-10(18-2)3-5-12(9)15(17-16)13-8-11-4-6-14(13)19-11/h3,5,7,11,13-15,17H,4,6,8,16H2,1-2H3. The van der Waals surface area contributed by atoms with Gasteiger partial charge in [0.15, 0.2) is 0 Å². The normalized spacial score (nSPS) is 30.6. The number of nitrogens with one attached hydrogen (secondary N) is 1. The summed E-state index contributed by atoms with van der Waals surface area (Å²) in [6, 6.07) is 6.35. The Bertz CT molecular complexity index is 463. The van der Waals surface area contributed by atoms with E-state index in [0.29, 0.717) is 18.1 Å². The van der Waals surface area contributed by atoms with Crippen LogP contribution in [0.15, 0.2) is 18.2 Å². The van der Waals surface area contributed by atoms with Crippen molar-refractivity contribution < 1.29 is 9.47 Å². The van der Waals surface area contributed by atoms with Crippen LogP contribution >= 0.6 is 0 Å². The van der Waals surface area contributed by atoms with Crippen molar-refractivity contribution >= 4 is 0 Å². The van der Waals surface area contributed by atoms with Crippen LogP contribution in [0, 0.1) is 12.8 Å². The van der Waals surface area contributed by atoms with Crippen molar-refractivity contribution in [3.05, 3.63) is 29.3 Å². The van der Waals surface area contributed by atoms with Gasteiger partial charge in [0.25, 0.3) is 0 Å². The molecule has 0 spiro atoms. The Morgan fingerprint density at radius 2 is 2.26 bits per heavy atom. The number of hydrogen-bond donors (Lipinski definition) is 2. The van der Waals surface area contributed by atoms with Gasteiger partial charge in [-0.2, -0.15) is 0 Å². The van der Waals surface area contributed by atoms with E-state index in [2.05, 4.69) is 24.5 Å². The Labute approximate surface area is 114 Å². The first kappa shape index (κ1) is 12.9. The van der Waals surface area contributed by atoms with Gasteiger partial charge in [0.2, 0.25) is 0 Å². The Morgan fingerprint density at radius 3 is 2.79 bits per heavy atom. The fraction of sp³-hybridized carbons (Fsp3) is 0.600. The number of benzene rings is 1. The molecule has 0 aliphatic carbocycles. The molecule has 0 saturated carbocycles. The number of ether oxygens (including phenoxy) is 2. The van der Waals surface area contributed by atoms with Crippen LogP contribution in [-0.2, 0) is 4.74 Å². The van der Waals surface area contributed by atoms with Gasteiger partial charge in [-0.1, -0.05) is 6.07 Å². The van der Waals surface area contributed by atoms with Crippen LogP contribution in [-0.4, -0.2) is 19.3 Å². The Morgan fingerprint density at radius 1 is 1.42 bits per heavy atom. The number of hydrazine groups is 1. The van der Waals surface area contributed by atoms with E-state index in [4.69, 9.17) is 15.3 Å². The van der Waals surface area contributed by atoms with Gasteiger partial charge in [0, 0.05) is 5.92 Å². The summed E-state index contributed by atoms with van der Waals surface area (Å²) in [5.41, 5.74) is 5.47. The monoisotopic (exact) mass is 262 g/mol. The third-order valence-electron chi connectivity index (χ3n) is 4.57. The molecular formula is C15H22N2O2. The molecular weight excluding hydrogens is 240 g/mol. The first-order chi connectivity index (χ1) is 9.22. The van der Waals surface area contributed by atoms with Crippen LogP contribution in [0.2, 0.25) is 0 Å². The summed E-state index contributed by atoms with van der Waals surface area (Å²) in [5, 5.41) is 0. The summed E-state index contributed by atoms with van der Waals surface area (Å²) in [5.74, 6) is 7.19. The highest BCUT2D eigenvalue weighted by Gasteiger charge is 2.44. The van der Waals surface area contributed by atoms with Crippen LogP contribution in [0.5, 0.6) is 5.75 Å². The van der Waals surface area contributed by atoms with Crippen LogP contribution < -0.4 is 16.0 Å². The van der Waals surface area contributed by atoms with Crippen LogP contribution in [0.25, 0.3) is 0 Å². The molecule has 2 fully saturated rings. The number of methoxy groups -OCH3 is 1. The molecule has 2 aliphatic rings. The van der Waals surface area contributed by atoms with E-state index in [-0.39, 0.29) is 6.04 Å². The largest absolute Gasteiger partial charge is 0.497 e. The third kappa shape index (κ3) is 2.24. The second-order valence-corrected chi connectivity index (χ2v) is 5.64. The van der Waals surface area contributed by atoms with Gasteiger partial charge in [-0.05, 0) is 49.4 Å². The first-order valence-corrected chi connectivity index (χ1v) is 6.99. The van der Waals surface area contributed by atoms with Gasteiger partial charge < -0.3 is 9.47 Å². The minimum atomic E-state index is 0.168. The highest BCUT2D eigenvalue weighted by molar-refractivity contribution is 5.37. The second kappa shape index (κ2) is 5.12. The maximum absolute atomic E-state index is 5.95. The van der Waals surface area contributed by atoms with Crippen LogP contribution in [0.4, 0.5) is 0 Å². The highest BCUT2D eigenvalue weighted by atomic mass is 16.5. The highest BCUT2D eigenvalue weighted by Crippen LogP contribution is 2.45. The molecule has 0 radical (unpaired) electrons. The van der Waals surface area contributed by atoms with Crippen molar-refractivity contribution in [1.29, 1.82) is 0 Å². The molecule has 2 saturated heterocycles. The summed E-state index contributed by atoms with van der Waals surface area (Å²) in [6.45, 7) is 2.11. The van der Waals surface area contributed by atoms with E-state index in [1.165, 1.54) is 24.0 Å². The summed E-state index contributed by atoms with van der Waals surface area (Å²) >= 11 is 0. The zero-order valence-electron chi connectivity index (χ0n) is 11.6. The molecule has 19 heavy (non-hydrogen) atoms. The zero-order chi connectivity index (χ0) is 13.4. The van der Waals surface area contributed by atoms with Crippen molar-refractivity contribution in [2.45, 2.75) is 44.4 Å².